The van der Waals surface area contributed by atoms with Crippen LogP contribution in [0.15, 0.2) is 28.9 Å². The molecule has 1 rings (SSSR count). The SMILES string of the molecule is O=C(O)/C=C/Sc1nccc(C(F)(F)F)n1. The lowest BCUT2D eigenvalue weighted by Crippen LogP contribution is -2.08. The third kappa shape index (κ3) is 3.89. The van der Waals surface area contributed by atoms with Crippen LogP contribution in [0.4, 0.5) is 13.2 Å². The van der Waals surface area contributed by atoms with Crippen LogP contribution in [0.1, 0.15) is 5.69 Å². The van der Waals surface area contributed by atoms with E-state index in [0.29, 0.717) is 11.8 Å². The molecular weight excluding hydrogens is 245 g/mol. The molecule has 0 fully saturated rings. The summed E-state index contributed by atoms with van der Waals surface area (Å²) in [4.78, 5) is 16.9. The number of carboxylic acids is 1. The zero-order valence-corrected chi connectivity index (χ0v) is 8.42. The van der Waals surface area contributed by atoms with Crippen molar-refractivity contribution in [2.24, 2.45) is 0 Å². The minimum atomic E-state index is -4.53. The first-order valence-corrected chi connectivity index (χ1v) is 4.74. The number of alkyl halides is 3. The molecule has 0 atom stereocenters. The second-order valence-corrected chi connectivity index (χ2v) is 3.35. The predicted molar refractivity (Wildman–Crippen MR) is 49.7 cm³/mol. The van der Waals surface area contributed by atoms with E-state index in [1.807, 2.05) is 0 Å². The molecule has 1 N–H and O–H groups in total. The summed E-state index contributed by atoms with van der Waals surface area (Å²) in [6.45, 7) is 0. The third-order valence-corrected chi connectivity index (χ3v) is 1.99. The molecule has 0 aliphatic carbocycles. The van der Waals surface area contributed by atoms with Gasteiger partial charge in [-0.05, 0) is 11.5 Å². The van der Waals surface area contributed by atoms with Gasteiger partial charge in [0.25, 0.3) is 0 Å². The van der Waals surface area contributed by atoms with Crippen molar-refractivity contribution in [2.75, 3.05) is 0 Å². The summed E-state index contributed by atoms with van der Waals surface area (Å²) in [5, 5.41) is 9.19. The zero-order valence-electron chi connectivity index (χ0n) is 7.60. The van der Waals surface area contributed by atoms with Crippen molar-refractivity contribution in [3.63, 3.8) is 0 Å². The van der Waals surface area contributed by atoms with E-state index in [9.17, 15) is 18.0 Å². The van der Waals surface area contributed by atoms with E-state index in [4.69, 9.17) is 5.11 Å². The Labute approximate surface area is 92.2 Å². The van der Waals surface area contributed by atoms with Crippen LogP contribution >= 0.6 is 11.8 Å². The van der Waals surface area contributed by atoms with Crippen LogP contribution in [0.25, 0.3) is 0 Å². The summed E-state index contributed by atoms with van der Waals surface area (Å²) in [5.41, 5.74) is -1.06. The van der Waals surface area contributed by atoms with Crippen LogP contribution < -0.4 is 0 Å². The smallest absolute Gasteiger partial charge is 0.433 e. The van der Waals surface area contributed by atoms with E-state index in [-0.39, 0.29) is 5.16 Å². The topological polar surface area (TPSA) is 63.1 Å². The lowest BCUT2D eigenvalue weighted by Gasteiger charge is -2.05. The minimum absolute atomic E-state index is 0.160. The molecule has 0 saturated heterocycles. The average Bonchev–Trinajstić information content (AvgIpc) is 2.16. The first kappa shape index (κ1) is 12.5. The van der Waals surface area contributed by atoms with Gasteiger partial charge in [-0.3, -0.25) is 0 Å². The average molecular weight is 250 g/mol. The van der Waals surface area contributed by atoms with Crippen LogP contribution in [-0.4, -0.2) is 21.0 Å². The summed E-state index contributed by atoms with van der Waals surface area (Å²) in [5.74, 6) is -1.19. The maximum atomic E-state index is 12.2. The number of halogens is 3. The van der Waals surface area contributed by atoms with Crippen molar-refractivity contribution < 1.29 is 23.1 Å². The van der Waals surface area contributed by atoms with Crippen molar-refractivity contribution >= 4 is 17.7 Å². The quantitative estimate of drug-likeness (QED) is 0.506. The molecule has 1 aromatic rings. The van der Waals surface area contributed by atoms with Gasteiger partial charge in [0.2, 0.25) is 0 Å². The number of nitrogens with zero attached hydrogens (tertiary/aromatic N) is 2. The fourth-order valence-electron chi connectivity index (χ4n) is 0.709. The first-order chi connectivity index (χ1) is 7.39. The fourth-order valence-corrected chi connectivity index (χ4v) is 1.29. The van der Waals surface area contributed by atoms with Crippen LogP contribution in [-0.2, 0) is 11.0 Å². The normalized spacial score (nSPS) is 11.9. The predicted octanol–water partition coefficient (Wildman–Crippen LogP) is 2.19. The van der Waals surface area contributed by atoms with Gasteiger partial charge in [-0.1, -0.05) is 11.8 Å². The maximum Gasteiger partial charge on any atom is 0.433 e. The Morgan fingerprint density at radius 3 is 2.75 bits per heavy atom. The van der Waals surface area contributed by atoms with Crippen LogP contribution in [0.5, 0.6) is 0 Å². The van der Waals surface area contributed by atoms with Gasteiger partial charge < -0.3 is 5.11 Å². The summed E-state index contributed by atoms with van der Waals surface area (Å²) >= 11 is 0.695. The molecule has 0 radical (unpaired) electrons. The maximum absolute atomic E-state index is 12.2. The monoisotopic (exact) mass is 250 g/mol. The highest BCUT2D eigenvalue weighted by Gasteiger charge is 2.32. The van der Waals surface area contributed by atoms with Crippen LogP contribution in [0.3, 0.4) is 0 Å². The zero-order chi connectivity index (χ0) is 12.2. The Morgan fingerprint density at radius 2 is 2.19 bits per heavy atom. The number of thioether (sulfide) groups is 1. The molecule has 0 saturated carbocycles. The van der Waals surface area contributed by atoms with Gasteiger partial charge in [-0.25, -0.2) is 14.8 Å². The highest BCUT2D eigenvalue weighted by molar-refractivity contribution is 8.02. The van der Waals surface area contributed by atoms with E-state index in [1.165, 1.54) is 0 Å². The van der Waals surface area contributed by atoms with Gasteiger partial charge in [0.1, 0.15) is 5.69 Å². The van der Waals surface area contributed by atoms with Gasteiger partial charge in [-0.15, -0.1) is 0 Å². The number of rotatable bonds is 3. The molecular formula is C8H5F3N2O2S. The molecule has 8 heteroatoms. The lowest BCUT2D eigenvalue weighted by molar-refractivity contribution is -0.141. The van der Waals surface area contributed by atoms with Gasteiger partial charge in [0.05, 0.1) is 0 Å². The molecule has 0 aliphatic heterocycles. The van der Waals surface area contributed by atoms with Crippen LogP contribution in [0, 0.1) is 0 Å². The van der Waals surface area contributed by atoms with E-state index < -0.39 is 17.8 Å². The summed E-state index contributed by atoms with van der Waals surface area (Å²) < 4.78 is 36.6. The molecule has 1 aromatic heterocycles. The molecule has 0 aromatic carbocycles. The van der Waals surface area contributed by atoms with Crippen molar-refractivity contribution in [2.45, 2.75) is 11.3 Å². The third-order valence-electron chi connectivity index (χ3n) is 1.31. The Hall–Kier alpha value is -1.57. The Morgan fingerprint density at radius 1 is 1.50 bits per heavy atom. The standard InChI is InChI=1S/C8H5F3N2O2S/c9-8(10,11)5-1-3-12-7(13-5)16-4-2-6(14)15/h1-4H,(H,14,15)/b4-2+. The molecule has 16 heavy (non-hydrogen) atoms. The highest BCUT2D eigenvalue weighted by atomic mass is 32.2. The second-order valence-electron chi connectivity index (χ2n) is 2.48. The van der Waals surface area contributed by atoms with Gasteiger partial charge in [-0.2, -0.15) is 13.2 Å². The summed E-state index contributed by atoms with van der Waals surface area (Å²) in [7, 11) is 0. The van der Waals surface area contributed by atoms with E-state index in [1.54, 1.807) is 0 Å². The molecule has 0 spiro atoms. The molecule has 0 bridgehead atoms. The number of hydrogen-bond acceptors (Lipinski definition) is 4. The van der Waals surface area contributed by atoms with Crippen LogP contribution in [0.2, 0.25) is 0 Å². The molecule has 4 nitrogen and oxygen atoms in total. The minimum Gasteiger partial charge on any atom is -0.478 e. The number of aromatic nitrogens is 2. The Kier molecular flexibility index (Phi) is 3.88. The summed E-state index contributed by atoms with van der Waals surface area (Å²) in [6, 6.07) is 0.741. The van der Waals surface area contributed by atoms with Crippen molar-refractivity contribution in [3.8, 4) is 0 Å². The van der Waals surface area contributed by atoms with E-state index >= 15 is 0 Å². The van der Waals surface area contributed by atoms with Crippen molar-refractivity contribution in [1.29, 1.82) is 0 Å². The second kappa shape index (κ2) is 4.97. The number of hydrogen-bond donors (Lipinski definition) is 1. The van der Waals surface area contributed by atoms with E-state index in [2.05, 4.69) is 9.97 Å². The van der Waals surface area contributed by atoms with Gasteiger partial charge in [0, 0.05) is 12.3 Å². The van der Waals surface area contributed by atoms with Gasteiger partial charge >= 0.3 is 12.1 Å². The first-order valence-electron chi connectivity index (χ1n) is 3.86. The largest absolute Gasteiger partial charge is 0.478 e. The molecule has 0 aliphatic rings. The Bertz CT molecular complexity index is 420. The summed E-state index contributed by atoms with van der Waals surface area (Å²) in [6.07, 6.45) is -2.78. The molecule has 0 unspecified atom stereocenters. The molecule has 1 heterocycles. The molecule has 86 valence electrons. The number of carbonyl (C=O) groups is 1. The molecule has 0 amide bonds. The fraction of sp³-hybridized carbons (Fsp3) is 0.125. The number of aliphatic carboxylic acids is 1. The highest BCUT2D eigenvalue weighted by Crippen LogP contribution is 2.28. The Balaban J connectivity index is 2.79. The lowest BCUT2D eigenvalue weighted by atomic mass is 10.4. The van der Waals surface area contributed by atoms with Crippen molar-refractivity contribution in [3.05, 3.63) is 29.4 Å². The van der Waals surface area contributed by atoms with Gasteiger partial charge in [0.15, 0.2) is 5.16 Å². The number of carboxylic acid groups (broad SMARTS) is 1. The van der Waals surface area contributed by atoms with Crippen molar-refractivity contribution in [1.82, 2.24) is 9.97 Å². The van der Waals surface area contributed by atoms with E-state index in [0.717, 1.165) is 23.7 Å².